The molecule has 3 atom stereocenters. The van der Waals surface area contributed by atoms with Crippen molar-refractivity contribution in [2.45, 2.75) is 71.7 Å². The van der Waals surface area contributed by atoms with E-state index >= 15 is 0 Å². The number of guanidine groups is 1. The van der Waals surface area contributed by atoms with Crippen molar-refractivity contribution < 1.29 is 23.9 Å². The highest BCUT2D eigenvalue weighted by Gasteiger charge is 2.38. The number of allylic oxidation sites excluding steroid dienone is 2. The molecular weight excluding hydrogens is 610 g/mol. The molecule has 0 aliphatic rings. The van der Waals surface area contributed by atoms with Crippen molar-refractivity contribution in [3.8, 4) is 0 Å². The van der Waals surface area contributed by atoms with Crippen LogP contribution in [0, 0.1) is 11.8 Å². The molecule has 4 amide bonds. The molecule has 0 radical (unpaired) electrons. The van der Waals surface area contributed by atoms with Crippen LogP contribution in [0.3, 0.4) is 0 Å². The molecule has 48 heavy (non-hydrogen) atoms. The number of benzene rings is 2. The van der Waals surface area contributed by atoms with Crippen LogP contribution in [0.5, 0.6) is 0 Å². The largest absolute Gasteiger partial charge is 0.445 e. The maximum absolute atomic E-state index is 14.3. The van der Waals surface area contributed by atoms with Gasteiger partial charge >= 0.3 is 6.09 Å². The standard InChI is InChI=1S/C36H51N7O5/c1-25(2)22-29(37)33(45)43(31(26(3)4)23-41-32(44)20-12-11-16-27-14-7-5-8-15-27)34(46)30(19-13-21-40-35(38)39)42-36(47)48-24-28-17-9-6-10-18-28/h5-12,14-18,20,25-26,29-31H,13,19,21-24,37H2,1-4H3,(H,41,44)(H,42,47)(H4,38,39,40)/b16-11+,20-12+/t29-,30-,31+/m0/s1. The van der Waals surface area contributed by atoms with Gasteiger partial charge in [0.05, 0.1) is 12.1 Å². The zero-order valence-corrected chi connectivity index (χ0v) is 28.4. The van der Waals surface area contributed by atoms with E-state index in [-0.39, 0.29) is 43.9 Å². The number of hydrogen-bond acceptors (Lipinski definition) is 7. The Morgan fingerprint density at radius 1 is 0.917 bits per heavy atom. The summed E-state index contributed by atoms with van der Waals surface area (Å²) in [5.41, 5.74) is 19.0. The second-order valence-corrected chi connectivity index (χ2v) is 12.2. The topological polar surface area (TPSA) is 195 Å². The second kappa shape index (κ2) is 21.0. The highest BCUT2D eigenvalue weighted by molar-refractivity contribution is 6.01. The number of alkyl carbamates (subject to hydrolysis) is 1. The Morgan fingerprint density at radius 3 is 2.17 bits per heavy atom. The summed E-state index contributed by atoms with van der Waals surface area (Å²) in [4.78, 5) is 59.0. The van der Waals surface area contributed by atoms with Crippen molar-refractivity contribution in [2.75, 3.05) is 13.1 Å². The zero-order chi connectivity index (χ0) is 35.5. The summed E-state index contributed by atoms with van der Waals surface area (Å²) < 4.78 is 5.39. The number of hydrogen-bond donors (Lipinski definition) is 5. The Labute approximate surface area is 283 Å². The van der Waals surface area contributed by atoms with Crippen LogP contribution in [0.25, 0.3) is 6.08 Å². The molecule has 0 spiro atoms. The minimum atomic E-state index is -1.17. The fourth-order valence-electron chi connectivity index (χ4n) is 4.82. The number of nitrogens with one attached hydrogen (secondary N) is 2. The van der Waals surface area contributed by atoms with E-state index in [0.717, 1.165) is 16.0 Å². The van der Waals surface area contributed by atoms with Gasteiger partial charge in [0.2, 0.25) is 11.8 Å². The van der Waals surface area contributed by atoms with Crippen LogP contribution in [-0.4, -0.2) is 65.9 Å². The molecule has 260 valence electrons. The maximum Gasteiger partial charge on any atom is 0.408 e. The molecule has 0 bridgehead atoms. The Morgan fingerprint density at radius 2 is 1.56 bits per heavy atom. The van der Waals surface area contributed by atoms with E-state index in [9.17, 15) is 19.2 Å². The average Bonchev–Trinajstić information content (AvgIpc) is 3.05. The van der Waals surface area contributed by atoms with E-state index in [1.54, 1.807) is 24.3 Å². The number of amides is 4. The first-order chi connectivity index (χ1) is 22.9. The van der Waals surface area contributed by atoms with Gasteiger partial charge in [0, 0.05) is 19.2 Å². The van der Waals surface area contributed by atoms with Crippen molar-refractivity contribution in [1.82, 2.24) is 15.5 Å². The summed E-state index contributed by atoms with van der Waals surface area (Å²) >= 11 is 0. The third-order valence-corrected chi connectivity index (χ3v) is 7.30. The average molecular weight is 662 g/mol. The Hall–Kier alpha value is -4.97. The van der Waals surface area contributed by atoms with Crippen LogP contribution in [0.2, 0.25) is 0 Å². The summed E-state index contributed by atoms with van der Waals surface area (Å²) in [6, 6.07) is 15.8. The molecule has 12 heteroatoms. The van der Waals surface area contributed by atoms with Crippen LogP contribution in [0.1, 0.15) is 58.1 Å². The molecule has 0 aromatic heterocycles. The Balaban J connectivity index is 2.31. The van der Waals surface area contributed by atoms with Crippen molar-refractivity contribution in [3.05, 3.63) is 90.0 Å². The van der Waals surface area contributed by atoms with E-state index in [1.807, 2.05) is 82.3 Å². The summed E-state index contributed by atoms with van der Waals surface area (Å²) in [6.45, 7) is 7.68. The SMILES string of the molecule is CC(C)C[C@H](N)C(=O)N(C(=O)[C@H](CCCN=C(N)N)NC(=O)OCc1ccccc1)[C@H](CNC(=O)/C=C/C=C/c1ccccc1)C(C)C. The molecule has 0 unspecified atom stereocenters. The lowest BCUT2D eigenvalue weighted by Crippen LogP contribution is -2.61. The van der Waals surface area contributed by atoms with Gasteiger partial charge < -0.3 is 32.6 Å². The van der Waals surface area contributed by atoms with Crippen molar-refractivity contribution in [2.24, 2.45) is 34.0 Å². The lowest BCUT2D eigenvalue weighted by atomic mass is 9.97. The van der Waals surface area contributed by atoms with Gasteiger partial charge in [-0.3, -0.25) is 24.3 Å². The second-order valence-electron chi connectivity index (χ2n) is 12.2. The fourth-order valence-corrected chi connectivity index (χ4v) is 4.82. The molecule has 12 nitrogen and oxygen atoms in total. The number of nitrogens with zero attached hydrogens (tertiary/aromatic N) is 2. The van der Waals surface area contributed by atoms with Crippen LogP contribution in [0.4, 0.5) is 4.79 Å². The molecule has 8 N–H and O–H groups in total. The van der Waals surface area contributed by atoms with E-state index in [1.165, 1.54) is 6.08 Å². The molecule has 0 saturated carbocycles. The van der Waals surface area contributed by atoms with Crippen molar-refractivity contribution >= 4 is 35.9 Å². The van der Waals surface area contributed by atoms with E-state index in [0.29, 0.717) is 12.8 Å². The molecule has 0 aliphatic carbocycles. The number of imide groups is 1. The molecule has 0 aliphatic heterocycles. The number of nitrogens with two attached hydrogens (primary N) is 3. The Bertz CT molecular complexity index is 1390. The summed E-state index contributed by atoms with van der Waals surface area (Å²) in [5, 5.41) is 5.45. The van der Waals surface area contributed by atoms with E-state index < -0.39 is 41.9 Å². The van der Waals surface area contributed by atoms with Gasteiger partial charge in [-0.2, -0.15) is 0 Å². The first-order valence-electron chi connectivity index (χ1n) is 16.2. The number of aliphatic imine (C=N–C) groups is 1. The van der Waals surface area contributed by atoms with Crippen LogP contribution >= 0.6 is 0 Å². The number of carbonyl (C=O) groups is 4. The lowest BCUT2D eigenvalue weighted by molar-refractivity contribution is -0.151. The highest BCUT2D eigenvalue weighted by atomic mass is 16.5. The highest BCUT2D eigenvalue weighted by Crippen LogP contribution is 2.18. The summed E-state index contributed by atoms with van der Waals surface area (Å²) in [7, 11) is 0. The minimum Gasteiger partial charge on any atom is -0.445 e. The lowest BCUT2D eigenvalue weighted by Gasteiger charge is -2.37. The zero-order valence-electron chi connectivity index (χ0n) is 28.4. The number of carbonyl (C=O) groups excluding carboxylic acids is 4. The van der Waals surface area contributed by atoms with Crippen molar-refractivity contribution in [1.29, 1.82) is 0 Å². The van der Waals surface area contributed by atoms with Gasteiger partial charge in [0.25, 0.3) is 5.91 Å². The molecule has 2 aromatic carbocycles. The molecule has 2 rings (SSSR count). The van der Waals surface area contributed by atoms with Gasteiger partial charge in [-0.05, 0) is 42.2 Å². The van der Waals surface area contributed by atoms with Gasteiger partial charge in [-0.15, -0.1) is 0 Å². The third kappa shape index (κ3) is 14.6. The smallest absolute Gasteiger partial charge is 0.408 e. The molecule has 0 saturated heterocycles. The van der Waals surface area contributed by atoms with Gasteiger partial charge in [-0.25, -0.2) is 4.79 Å². The molecular formula is C36H51N7O5. The molecule has 2 aromatic rings. The first kappa shape index (κ1) is 39.2. The van der Waals surface area contributed by atoms with Crippen molar-refractivity contribution in [3.63, 3.8) is 0 Å². The number of rotatable bonds is 18. The maximum atomic E-state index is 14.3. The predicted molar refractivity (Wildman–Crippen MR) is 189 cm³/mol. The van der Waals surface area contributed by atoms with Gasteiger partial charge in [0.1, 0.15) is 12.6 Å². The van der Waals surface area contributed by atoms with Crippen LogP contribution in [0.15, 0.2) is 83.9 Å². The first-order valence-corrected chi connectivity index (χ1v) is 16.2. The van der Waals surface area contributed by atoms with Crippen LogP contribution in [-0.2, 0) is 25.7 Å². The predicted octanol–water partition coefficient (Wildman–Crippen LogP) is 3.47. The number of ether oxygens (including phenoxy) is 1. The third-order valence-electron chi connectivity index (χ3n) is 7.30. The fraction of sp³-hybridized carbons (Fsp3) is 0.417. The molecule has 0 fully saturated rings. The van der Waals surface area contributed by atoms with E-state index in [4.69, 9.17) is 21.9 Å². The minimum absolute atomic E-state index is 0.0157. The Kier molecular flexibility index (Phi) is 17.2. The summed E-state index contributed by atoms with van der Waals surface area (Å²) in [5.74, 6) is -1.98. The normalized spacial score (nSPS) is 13.2. The van der Waals surface area contributed by atoms with Crippen LogP contribution < -0.4 is 27.8 Å². The van der Waals surface area contributed by atoms with Gasteiger partial charge in [0.15, 0.2) is 5.96 Å². The monoisotopic (exact) mass is 661 g/mol. The summed E-state index contributed by atoms with van der Waals surface area (Å²) in [6.07, 6.45) is 6.50. The van der Waals surface area contributed by atoms with Gasteiger partial charge in [-0.1, -0.05) is 107 Å². The quantitative estimate of drug-likeness (QED) is 0.0526. The van der Waals surface area contributed by atoms with E-state index in [2.05, 4.69) is 15.6 Å². The molecule has 0 heterocycles.